The van der Waals surface area contributed by atoms with Gasteiger partial charge < -0.3 is 10.1 Å². The molecule has 1 N–H and O–H groups in total. The van der Waals surface area contributed by atoms with Crippen molar-refractivity contribution in [3.8, 4) is 0 Å². The van der Waals surface area contributed by atoms with Gasteiger partial charge in [-0.2, -0.15) is 0 Å². The minimum Gasteiger partial charge on any atom is -0.455 e. The van der Waals surface area contributed by atoms with Crippen LogP contribution in [0.5, 0.6) is 0 Å². The average molecular weight is 423 g/mol. The fourth-order valence-electron chi connectivity index (χ4n) is 2.59. The van der Waals surface area contributed by atoms with Gasteiger partial charge in [0.25, 0.3) is 5.91 Å². The molecular formula is C16H20Cl2N2O5S. The summed E-state index contributed by atoms with van der Waals surface area (Å²) < 4.78 is 30.0. The second-order valence-corrected chi connectivity index (χ2v) is 8.96. The zero-order chi connectivity index (χ0) is 19.3. The Morgan fingerprint density at radius 2 is 1.92 bits per heavy atom. The fraction of sp³-hybridized carbons (Fsp3) is 0.500. The maximum atomic E-state index is 12.1. The standard InChI is InChI=1S/C16H20Cl2N2O5S/c1-2-26(23,24)20-7-5-11(6-8-20)16(22)25-10-15(21)19-14-9-12(17)3-4-13(14)18/h3-4,9,11H,2,5-8,10H2,1H3,(H,19,21). The van der Waals surface area contributed by atoms with Gasteiger partial charge in [-0.1, -0.05) is 23.2 Å². The Morgan fingerprint density at radius 1 is 1.27 bits per heavy atom. The summed E-state index contributed by atoms with van der Waals surface area (Å²) in [5.74, 6) is -1.42. The number of benzene rings is 1. The Labute approximate surface area is 162 Å². The minimum absolute atomic E-state index is 0.0361. The summed E-state index contributed by atoms with van der Waals surface area (Å²) in [4.78, 5) is 24.0. The number of nitrogens with zero attached hydrogens (tertiary/aromatic N) is 1. The molecule has 1 aliphatic rings. The highest BCUT2D eigenvalue weighted by molar-refractivity contribution is 7.89. The number of carbonyl (C=O) groups excluding carboxylic acids is 2. The Bertz CT molecular complexity index is 777. The van der Waals surface area contributed by atoms with Crippen LogP contribution in [0.25, 0.3) is 0 Å². The lowest BCUT2D eigenvalue weighted by molar-refractivity contribution is -0.152. The third-order valence-corrected chi connectivity index (χ3v) is 6.54. The zero-order valence-electron chi connectivity index (χ0n) is 14.2. The molecule has 1 saturated heterocycles. The first-order chi connectivity index (χ1) is 12.2. The molecule has 1 fully saturated rings. The lowest BCUT2D eigenvalue weighted by Crippen LogP contribution is -2.41. The maximum absolute atomic E-state index is 12.1. The van der Waals surface area contributed by atoms with Crippen molar-refractivity contribution in [3.63, 3.8) is 0 Å². The Balaban J connectivity index is 1.80. The highest BCUT2D eigenvalue weighted by atomic mass is 35.5. The van der Waals surface area contributed by atoms with Crippen LogP contribution in [-0.4, -0.2) is 50.0 Å². The molecule has 7 nitrogen and oxygen atoms in total. The monoisotopic (exact) mass is 422 g/mol. The first kappa shape index (κ1) is 21.0. The van der Waals surface area contributed by atoms with Crippen molar-refractivity contribution in [2.24, 2.45) is 5.92 Å². The molecule has 0 radical (unpaired) electrons. The summed E-state index contributed by atoms with van der Waals surface area (Å²) in [5.41, 5.74) is 0.332. The van der Waals surface area contributed by atoms with E-state index in [0.29, 0.717) is 28.6 Å². The van der Waals surface area contributed by atoms with Crippen molar-refractivity contribution in [1.29, 1.82) is 0 Å². The first-order valence-electron chi connectivity index (χ1n) is 8.12. The van der Waals surface area contributed by atoms with Crippen LogP contribution in [-0.2, 0) is 24.3 Å². The lowest BCUT2D eigenvalue weighted by atomic mass is 9.98. The van der Waals surface area contributed by atoms with Gasteiger partial charge in [0.15, 0.2) is 6.61 Å². The van der Waals surface area contributed by atoms with E-state index in [4.69, 9.17) is 27.9 Å². The van der Waals surface area contributed by atoms with E-state index in [0.717, 1.165) is 0 Å². The van der Waals surface area contributed by atoms with Crippen molar-refractivity contribution in [1.82, 2.24) is 4.31 Å². The van der Waals surface area contributed by atoms with Gasteiger partial charge in [0.1, 0.15) is 0 Å². The van der Waals surface area contributed by atoms with Gasteiger partial charge in [-0.15, -0.1) is 0 Å². The SMILES string of the molecule is CCS(=O)(=O)N1CCC(C(=O)OCC(=O)Nc2cc(Cl)ccc2Cl)CC1. The molecule has 1 heterocycles. The van der Waals surface area contributed by atoms with Crippen LogP contribution in [0, 0.1) is 5.92 Å². The van der Waals surface area contributed by atoms with Gasteiger partial charge >= 0.3 is 5.97 Å². The number of carbonyl (C=O) groups is 2. The normalized spacial score (nSPS) is 16.3. The van der Waals surface area contributed by atoms with Crippen LogP contribution in [0.4, 0.5) is 5.69 Å². The minimum atomic E-state index is -3.24. The van der Waals surface area contributed by atoms with Crippen LogP contribution >= 0.6 is 23.2 Å². The molecule has 0 aliphatic carbocycles. The summed E-state index contributed by atoms with van der Waals surface area (Å²) >= 11 is 11.8. The number of halogens is 2. The van der Waals surface area contributed by atoms with Crippen LogP contribution in [0.2, 0.25) is 10.0 Å². The van der Waals surface area contributed by atoms with Crippen LogP contribution in [0.15, 0.2) is 18.2 Å². The number of amides is 1. The fourth-order valence-corrected chi connectivity index (χ4v) is 4.06. The summed E-state index contributed by atoms with van der Waals surface area (Å²) in [7, 11) is -3.24. The van der Waals surface area contributed by atoms with E-state index in [9.17, 15) is 18.0 Å². The Morgan fingerprint density at radius 3 is 2.54 bits per heavy atom. The molecule has 26 heavy (non-hydrogen) atoms. The second kappa shape index (κ2) is 9.03. The number of ether oxygens (including phenoxy) is 1. The number of hydrogen-bond donors (Lipinski definition) is 1. The molecule has 1 amide bonds. The highest BCUT2D eigenvalue weighted by Gasteiger charge is 2.31. The van der Waals surface area contributed by atoms with Gasteiger partial charge in [0.2, 0.25) is 10.0 Å². The van der Waals surface area contributed by atoms with E-state index in [1.54, 1.807) is 19.1 Å². The van der Waals surface area contributed by atoms with Gasteiger partial charge in [0, 0.05) is 18.1 Å². The summed E-state index contributed by atoms with van der Waals surface area (Å²) in [6, 6.07) is 4.63. The molecule has 2 rings (SSSR count). The number of sulfonamides is 1. The zero-order valence-corrected chi connectivity index (χ0v) is 16.5. The summed E-state index contributed by atoms with van der Waals surface area (Å²) in [6.07, 6.45) is 0.750. The number of esters is 1. The highest BCUT2D eigenvalue weighted by Crippen LogP contribution is 2.25. The number of anilines is 1. The molecule has 0 saturated carbocycles. The van der Waals surface area contributed by atoms with Crippen molar-refractivity contribution in [3.05, 3.63) is 28.2 Å². The molecule has 0 unspecified atom stereocenters. The molecule has 144 valence electrons. The number of hydrogen-bond acceptors (Lipinski definition) is 5. The Hall–Kier alpha value is -1.35. The summed E-state index contributed by atoms with van der Waals surface area (Å²) in [5, 5.41) is 3.25. The van der Waals surface area contributed by atoms with E-state index in [-0.39, 0.29) is 18.8 Å². The third kappa shape index (κ3) is 5.57. The smallest absolute Gasteiger partial charge is 0.309 e. The quantitative estimate of drug-likeness (QED) is 0.710. The summed E-state index contributed by atoms with van der Waals surface area (Å²) in [6.45, 7) is 1.69. The van der Waals surface area contributed by atoms with Crippen molar-refractivity contribution in [2.45, 2.75) is 19.8 Å². The predicted molar refractivity (Wildman–Crippen MR) is 99.8 cm³/mol. The predicted octanol–water partition coefficient (Wildman–Crippen LogP) is 2.54. The molecule has 0 atom stereocenters. The molecule has 10 heteroatoms. The van der Waals surface area contributed by atoms with Crippen LogP contribution in [0.3, 0.4) is 0 Å². The molecule has 1 aromatic rings. The number of nitrogens with one attached hydrogen (secondary N) is 1. The average Bonchev–Trinajstić information content (AvgIpc) is 2.63. The molecule has 0 bridgehead atoms. The molecule has 1 aliphatic heterocycles. The van der Waals surface area contributed by atoms with Crippen molar-refractivity contribution >= 4 is 50.8 Å². The van der Waals surface area contributed by atoms with E-state index in [1.807, 2.05) is 0 Å². The van der Waals surface area contributed by atoms with E-state index < -0.39 is 34.4 Å². The van der Waals surface area contributed by atoms with Crippen molar-refractivity contribution in [2.75, 3.05) is 30.8 Å². The lowest BCUT2D eigenvalue weighted by Gasteiger charge is -2.29. The number of piperidine rings is 1. The molecular weight excluding hydrogens is 403 g/mol. The van der Waals surface area contributed by atoms with Gasteiger partial charge in [0.05, 0.1) is 22.4 Å². The maximum Gasteiger partial charge on any atom is 0.309 e. The second-order valence-electron chi connectivity index (χ2n) is 5.85. The molecule has 1 aromatic carbocycles. The largest absolute Gasteiger partial charge is 0.455 e. The van der Waals surface area contributed by atoms with Gasteiger partial charge in [-0.05, 0) is 38.0 Å². The molecule has 0 aromatic heterocycles. The van der Waals surface area contributed by atoms with E-state index in [2.05, 4.69) is 5.32 Å². The number of rotatable bonds is 6. The van der Waals surface area contributed by atoms with Crippen LogP contribution in [0.1, 0.15) is 19.8 Å². The van der Waals surface area contributed by atoms with Crippen molar-refractivity contribution < 1.29 is 22.7 Å². The van der Waals surface area contributed by atoms with E-state index in [1.165, 1.54) is 10.4 Å². The first-order valence-corrected chi connectivity index (χ1v) is 10.5. The van der Waals surface area contributed by atoms with Crippen LogP contribution < -0.4 is 5.32 Å². The molecule has 0 spiro atoms. The van der Waals surface area contributed by atoms with Gasteiger partial charge in [-0.25, -0.2) is 12.7 Å². The Kier molecular flexibility index (Phi) is 7.28. The van der Waals surface area contributed by atoms with E-state index >= 15 is 0 Å². The topological polar surface area (TPSA) is 92.8 Å². The third-order valence-electron chi connectivity index (χ3n) is 4.09. The van der Waals surface area contributed by atoms with Gasteiger partial charge in [-0.3, -0.25) is 9.59 Å².